The zero-order chi connectivity index (χ0) is 11.1. The molecule has 0 aromatic heterocycles. The zero-order valence-corrected chi connectivity index (χ0v) is 9.98. The summed E-state index contributed by atoms with van der Waals surface area (Å²) >= 11 is 1.94. The van der Waals surface area contributed by atoms with Crippen LogP contribution in [0.4, 0.5) is 0 Å². The third-order valence-corrected chi connectivity index (χ3v) is 1.70. The maximum atomic E-state index is 11.1. The third kappa shape index (κ3) is 6.03. The molecule has 0 fully saturated rings. The van der Waals surface area contributed by atoms with Gasteiger partial charge in [-0.2, -0.15) is 0 Å². The predicted octanol–water partition coefficient (Wildman–Crippen LogP) is 0.637. The smallest absolute Gasteiger partial charge is 0.323 e. The summed E-state index contributed by atoms with van der Waals surface area (Å²) in [5.74, 6) is -0.847. The van der Waals surface area contributed by atoms with Crippen molar-refractivity contribution in [2.45, 2.75) is 29.9 Å². The number of ether oxygens (including phenoxy) is 1. The van der Waals surface area contributed by atoms with Gasteiger partial charge < -0.3 is 15.9 Å². The Morgan fingerprint density at radius 1 is 1.64 bits per heavy atom. The maximum absolute atomic E-state index is 11.1. The number of esters is 1. The van der Waals surface area contributed by atoms with Gasteiger partial charge in [-0.1, -0.05) is 0 Å². The Labute approximate surface area is 96.0 Å². The normalized spacial score (nSPS) is 14.2. The highest BCUT2D eigenvalue weighted by Gasteiger charge is 2.17. The van der Waals surface area contributed by atoms with Crippen molar-refractivity contribution in [2.75, 3.05) is 0 Å². The summed E-state index contributed by atoms with van der Waals surface area (Å²) in [6.07, 6.45) is 1.05. The van der Waals surface area contributed by atoms with Crippen molar-refractivity contribution in [1.29, 1.82) is 5.41 Å². The van der Waals surface area contributed by atoms with Crippen LogP contribution < -0.4 is 5.73 Å². The number of nitrogens with one attached hydrogen (secondary N) is 1. The minimum atomic E-state index is -0.781. The monoisotopic (exact) mass is 312 g/mol. The molecule has 5 nitrogen and oxygen atoms in total. The van der Waals surface area contributed by atoms with Crippen molar-refractivity contribution in [3.8, 4) is 0 Å². The Morgan fingerprint density at radius 2 is 2.21 bits per heavy atom. The standard InChI is InChI=1S/C8H13IN2O3/c1-5(9)14-8(13)7(11)3-2-6(12)4-10/h4-5,7,10H,2-3,11H2,1H3. The highest BCUT2D eigenvalue weighted by atomic mass is 127. The fourth-order valence-electron chi connectivity index (χ4n) is 0.735. The van der Waals surface area contributed by atoms with Gasteiger partial charge in [0.1, 0.15) is 10.2 Å². The number of alkyl halides is 1. The van der Waals surface area contributed by atoms with E-state index in [1.54, 1.807) is 6.92 Å². The molecular weight excluding hydrogens is 299 g/mol. The molecule has 0 saturated heterocycles. The van der Waals surface area contributed by atoms with Gasteiger partial charge in [-0.3, -0.25) is 9.59 Å². The van der Waals surface area contributed by atoms with Crippen LogP contribution in [0.1, 0.15) is 19.8 Å². The molecule has 6 heteroatoms. The van der Waals surface area contributed by atoms with E-state index >= 15 is 0 Å². The average Bonchev–Trinajstić information content (AvgIpc) is 2.12. The van der Waals surface area contributed by atoms with E-state index in [1.165, 1.54) is 0 Å². The molecule has 0 radical (unpaired) electrons. The van der Waals surface area contributed by atoms with E-state index < -0.39 is 12.0 Å². The van der Waals surface area contributed by atoms with Gasteiger partial charge in [-0.15, -0.1) is 0 Å². The summed E-state index contributed by atoms with van der Waals surface area (Å²) < 4.78 is 4.60. The second-order valence-electron chi connectivity index (χ2n) is 2.74. The largest absolute Gasteiger partial charge is 0.451 e. The van der Waals surface area contributed by atoms with Gasteiger partial charge in [0, 0.05) is 6.42 Å². The number of ketones is 1. The summed E-state index contributed by atoms with van der Waals surface area (Å²) in [5, 5.41) is 6.64. The molecule has 2 unspecified atom stereocenters. The third-order valence-electron chi connectivity index (χ3n) is 1.44. The van der Waals surface area contributed by atoms with Crippen molar-refractivity contribution >= 4 is 40.6 Å². The average molecular weight is 312 g/mol. The van der Waals surface area contributed by atoms with Crippen LogP contribution in [-0.2, 0) is 14.3 Å². The van der Waals surface area contributed by atoms with Crippen molar-refractivity contribution in [2.24, 2.45) is 5.73 Å². The lowest BCUT2D eigenvalue weighted by molar-refractivity contribution is -0.145. The zero-order valence-electron chi connectivity index (χ0n) is 7.83. The highest BCUT2D eigenvalue weighted by Crippen LogP contribution is 2.04. The van der Waals surface area contributed by atoms with Gasteiger partial charge in [0.15, 0.2) is 5.78 Å². The number of rotatable bonds is 6. The Morgan fingerprint density at radius 3 is 2.64 bits per heavy atom. The lowest BCUT2D eigenvalue weighted by Gasteiger charge is -2.11. The molecule has 0 aromatic rings. The first-order chi connectivity index (χ1) is 6.47. The molecule has 80 valence electrons. The Kier molecular flexibility index (Phi) is 6.64. The number of carbonyl (C=O) groups excluding carboxylic acids is 2. The number of carbonyl (C=O) groups is 2. The number of Topliss-reactive ketones (excluding diaryl/α,β-unsaturated/α-hetero) is 1. The number of halogens is 1. The second-order valence-corrected chi connectivity index (χ2v) is 4.49. The molecule has 0 bridgehead atoms. The molecule has 0 rings (SSSR count). The van der Waals surface area contributed by atoms with E-state index in [4.69, 9.17) is 15.9 Å². The lowest BCUT2D eigenvalue weighted by atomic mass is 10.1. The minimum absolute atomic E-state index is 0.107. The summed E-state index contributed by atoms with van der Waals surface area (Å²) in [7, 11) is 0. The van der Waals surface area contributed by atoms with Crippen molar-refractivity contribution in [1.82, 2.24) is 0 Å². The number of hydrogen-bond donors (Lipinski definition) is 2. The summed E-state index contributed by atoms with van der Waals surface area (Å²) in [4.78, 5) is 21.8. The molecule has 0 spiro atoms. The van der Waals surface area contributed by atoms with E-state index in [0.717, 1.165) is 6.21 Å². The first kappa shape index (κ1) is 13.5. The van der Waals surface area contributed by atoms with E-state index in [2.05, 4.69) is 0 Å². The van der Waals surface area contributed by atoms with E-state index in [1.807, 2.05) is 22.6 Å². The van der Waals surface area contributed by atoms with Crippen molar-refractivity contribution < 1.29 is 14.3 Å². The lowest BCUT2D eigenvalue weighted by Crippen LogP contribution is -2.33. The van der Waals surface area contributed by atoms with Crippen LogP contribution in [0.5, 0.6) is 0 Å². The van der Waals surface area contributed by atoms with Gasteiger partial charge in [0.2, 0.25) is 0 Å². The maximum Gasteiger partial charge on any atom is 0.323 e. The molecule has 0 aliphatic carbocycles. The molecule has 0 aliphatic rings. The molecule has 0 aliphatic heterocycles. The molecular formula is C8H13IN2O3. The van der Waals surface area contributed by atoms with Crippen molar-refractivity contribution in [3.05, 3.63) is 0 Å². The predicted molar refractivity (Wildman–Crippen MR) is 60.6 cm³/mol. The molecule has 0 heterocycles. The molecule has 0 aromatic carbocycles. The van der Waals surface area contributed by atoms with Crippen LogP contribution in [-0.4, -0.2) is 28.1 Å². The summed E-state index contributed by atoms with van der Waals surface area (Å²) in [5.41, 5.74) is 5.46. The Balaban J connectivity index is 3.83. The molecule has 2 atom stereocenters. The van der Waals surface area contributed by atoms with Crippen molar-refractivity contribution in [3.63, 3.8) is 0 Å². The molecule has 14 heavy (non-hydrogen) atoms. The number of nitrogens with two attached hydrogens (primary N) is 1. The van der Waals surface area contributed by atoms with E-state index in [9.17, 15) is 9.59 Å². The Hall–Kier alpha value is -0.500. The van der Waals surface area contributed by atoms with Crippen LogP contribution in [0.15, 0.2) is 0 Å². The van der Waals surface area contributed by atoms with Gasteiger partial charge >= 0.3 is 5.97 Å². The fourth-order valence-corrected chi connectivity index (χ4v) is 0.986. The minimum Gasteiger partial charge on any atom is -0.451 e. The Bertz CT molecular complexity index is 231. The van der Waals surface area contributed by atoms with Gasteiger partial charge in [0.25, 0.3) is 0 Å². The molecule has 0 saturated carbocycles. The highest BCUT2D eigenvalue weighted by molar-refractivity contribution is 14.1. The van der Waals surface area contributed by atoms with Gasteiger partial charge in [-0.05, 0) is 35.9 Å². The molecule has 3 N–H and O–H groups in total. The van der Waals surface area contributed by atoms with E-state index in [-0.39, 0.29) is 22.7 Å². The van der Waals surface area contributed by atoms with Crippen LogP contribution in [0.2, 0.25) is 0 Å². The summed E-state index contributed by atoms with van der Waals surface area (Å²) in [6.45, 7) is 1.72. The number of hydrogen-bond acceptors (Lipinski definition) is 5. The van der Waals surface area contributed by atoms with Crippen LogP contribution >= 0.6 is 22.6 Å². The quantitative estimate of drug-likeness (QED) is 0.326. The van der Waals surface area contributed by atoms with Gasteiger partial charge in [0.05, 0.1) is 6.21 Å². The first-order valence-electron chi connectivity index (χ1n) is 4.10. The van der Waals surface area contributed by atoms with Crippen LogP contribution in [0.3, 0.4) is 0 Å². The molecule has 0 amide bonds. The van der Waals surface area contributed by atoms with Crippen LogP contribution in [0, 0.1) is 5.41 Å². The van der Waals surface area contributed by atoms with Crippen LogP contribution in [0.25, 0.3) is 0 Å². The second kappa shape index (κ2) is 6.88. The first-order valence-corrected chi connectivity index (χ1v) is 5.35. The summed E-state index contributed by atoms with van der Waals surface area (Å²) in [6, 6.07) is -0.781. The van der Waals surface area contributed by atoms with E-state index in [0.29, 0.717) is 0 Å². The fraction of sp³-hybridized carbons (Fsp3) is 0.625. The van der Waals surface area contributed by atoms with Gasteiger partial charge in [-0.25, -0.2) is 0 Å². The topological polar surface area (TPSA) is 93.2 Å². The SMILES string of the molecule is CC(I)OC(=O)C(N)CCC(=O)C=N.